The molecule has 5 nitrogen and oxygen atoms in total. The predicted molar refractivity (Wildman–Crippen MR) is 110 cm³/mol. The van der Waals surface area contributed by atoms with Gasteiger partial charge in [-0.15, -0.1) is 11.3 Å². The molecule has 0 saturated heterocycles. The molecule has 0 unspecified atom stereocenters. The number of hydrogen-bond acceptors (Lipinski definition) is 4. The third-order valence-corrected chi connectivity index (χ3v) is 4.97. The fraction of sp³-hybridized carbons (Fsp3) is 0.500. The quantitative estimate of drug-likeness (QED) is 0.379. The molecule has 1 aromatic carbocycles. The summed E-state index contributed by atoms with van der Waals surface area (Å²) in [6.45, 7) is 6.70. The van der Waals surface area contributed by atoms with Crippen LogP contribution in [0.25, 0.3) is 0 Å². The number of thiazole rings is 1. The highest BCUT2D eigenvalue weighted by Gasteiger charge is 2.00. The maximum Gasteiger partial charge on any atom is 0.191 e. The van der Waals surface area contributed by atoms with Crippen LogP contribution in [-0.2, 0) is 12.8 Å². The van der Waals surface area contributed by atoms with Gasteiger partial charge in [0.15, 0.2) is 5.96 Å². The second-order valence-electron chi connectivity index (χ2n) is 6.13. The van der Waals surface area contributed by atoms with E-state index in [1.807, 2.05) is 19.1 Å². The average molecular weight is 375 g/mol. The SMILES string of the molecule is CCNC(=NCCCCc1nc(C)cs1)NCCc1ccc(OC)cc1. The average Bonchev–Trinajstić information content (AvgIpc) is 3.07. The van der Waals surface area contributed by atoms with Crippen molar-refractivity contribution < 1.29 is 4.74 Å². The number of unbranched alkanes of at least 4 members (excludes halogenated alkanes) is 1. The number of aryl methyl sites for hydroxylation is 2. The summed E-state index contributed by atoms with van der Waals surface area (Å²) in [6, 6.07) is 8.20. The molecular weight excluding hydrogens is 344 g/mol. The van der Waals surface area contributed by atoms with E-state index >= 15 is 0 Å². The Labute approximate surface area is 160 Å². The molecule has 1 aromatic heterocycles. The maximum absolute atomic E-state index is 5.19. The topological polar surface area (TPSA) is 58.5 Å². The van der Waals surface area contributed by atoms with Gasteiger partial charge in [-0.2, -0.15) is 0 Å². The van der Waals surface area contributed by atoms with E-state index in [9.17, 15) is 0 Å². The summed E-state index contributed by atoms with van der Waals surface area (Å²) >= 11 is 1.75. The monoisotopic (exact) mass is 374 g/mol. The molecule has 0 aliphatic carbocycles. The highest BCUT2D eigenvalue weighted by molar-refractivity contribution is 7.09. The van der Waals surface area contributed by atoms with Crippen molar-refractivity contribution >= 4 is 17.3 Å². The third-order valence-electron chi connectivity index (χ3n) is 3.94. The number of hydrogen-bond donors (Lipinski definition) is 2. The zero-order chi connectivity index (χ0) is 18.6. The van der Waals surface area contributed by atoms with E-state index < -0.39 is 0 Å². The van der Waals surface area contributed by atoms with Gasteiger partial charge in [0, 0.05) is 30.7 Å². The van der Waals surface area contributed by atoms with Crippen LogP contribution in [0.3, 0.4) is 0 Å². The molecule has 2 aromatic rings. The van der Waals surface area contributed by atoms with Gasteiger partial charge in [0.1, 0.15) is 5.75 Å². The first kappa shape index (κ1) is 20.2. The minimum atomic E-state index is 0.836. The molecule has 26 heavy (non-hydrogen) atoms. The van der Waals surface area contributed by atoms with Gasteiger partial charge in [0.05, 0.1) is 12.1 Å². The van der Waals surface area contributed by atoms with Crippen LogP contribution in [0.5, 0.6) is 5.75 Å². The van der Waals surface area contributed by atoms with Gasteiger partial charge in [-0.25, -0.2) is 4.98 Å². The van der Waals surface area contributed by atoms with Crippen LogP contribution in [-0.4, -0.2) is 37.7 Å². The van der Waals surface area contributed by atoms with Gasteiger partial charge >= 0.3 is 0 Å². The normalized spacial score (nSPS) is 11.4. The van der Waals surface area contributed by atoms with Crippen LogP contribution in [0.4, 0.5) is 0 Å². The largest absolute Gasteiger partial charge is 0.497 e. The number of methoxy groups -OCH3 is 1. The second kappa shape index (κ2) is 11.5. The van der Waals surface area contributed by atoms with Crippen molar-refractivity contribution in [3.63, 3.8) is 0 Å². The lowest BCUT2D eigenvalue weighted by Gasteiger charge is -2.11. The molecule has 0 spiro atoms. The van der Waals surface area contributed by atoms with Gasteiger partial charge in [-0.3, -0.25) is 4.99 Å². The van der Waals surface area contributed by atoms with Crippen LogP contribution in [0.15, 0.2) is 34.6 Å². The molecule has 0 radical (unpaired) electrons. The van der Waals surface area contributed by atoms with E-state index in [2.05, 4.69) is 45.0 Å². The van der Waals surface area contributed by atoms with Crippen LogP contribution < -0.4 is 15.4 Å². The van der Waals surface area contributed by atoms with Crippen molar-refractivity contribution in [2.24, 2.45) is 4.99 Å². The number of rotatable bonds is 10. The fourth-order valence-electron chi connectivity index (χ4n) is 2.56. The minimum Gasteiger partial charge on any atom is -0.497 e. The Hall–Kier alpha value is -2.08. The number of nitrogens with zero attached hydrogens (tertiary/aromatic N) is 2. The first-order chi connectivity index (χ1) is 12.7. The van der Waals surface area contributed by atoms with Crippen molar-refractivity contribution in [3.8, 4) is 5.75 Å². The number of guanidine groups is 1. The Kier molecular flexibility index (Phi) is 8.96. The first-order valence-electron chi connectivity index (χ1n) is 9.27. The smallest absolute Gasteiger partial charge is 0.191 e. The highest BCUT2D eigenvalue weighted by atomic mass is 32.1. The van der Waals surface area contributed by atoms with E-state index in [1.165, 1.54) is 10.6 Å². The molecule has 142 valence electrons. The summed E-state index contributed by atoms with van der Waals surface area (Å²) in [4.78, 5) is 9.17. The molecular formula is C20H30N4OS. The molecule has 2 N–H and O–H groups in total. The molecule has 2 rings (SSSR count). The second-order valence-corrected chi connectivity index (χ2v) is 7.07. The van der Waals surface area contributed by atoms with E-state index in [4.69, 9.17) is 4.74 Å². The first-order valence-corrected chi connectivity index (χ1v) is 10.2. The lowest BCUT2D eigenvalue weighted by Crippen LogP contribution is -2.38. The van der Waals surface area contributed by atoms with E-state index in [1.54, 1.807) is 18.4 Å². The van der Waals surface area contributed by atoms with Crippen LogP contribution >= 0.6 is 11.3 Å². The minimum absolute atomic E-state index is 0.836. The Morgan fingerprint density at radius 3 is 2.62 bits per heavy atom. The molecule has 0 fully saturated rings. The molecule has 0 bridgehead atoms. The zero-order valence-electron chi connectivity index (χ0n) is 16.0. The van der Waals surface area contributed by atoms with Crippen molar-refractivity contribution in [2.45, 2.75) is 39.5 Å². The van der Waals surface area contributed by atoms with Crippen LogP contribution in [0.1, 0.15) is 36.0 Å². The molecule has 1 heterocycles. The molecule has 0 aliphatic rings. The molecule has 6 heteroatoms. The summed E-state index contributed by atoms with van der Waals surface area (Å²) in [5.74, 6) is 1.79. The summed E-state index contributed by atoms with van der Waals surface area (Å²) in [5, 5.41) is 10.1. The molecule has 0 atom stereocenters. The molecule has 0 aliphatic heterocycles. The van der Waals surface area contributed by atoms with Crippen molar-refractivity contribution in [2.75, 3.05) is 26.7 Å². The summed E-state index contributed by atoms with van der Waals surface area (Å²) in [6.07, 6.45) is 4.21. The summed E-state index contributed by atoms with van der Waals surface area (Å²) < 4.78 is 5.19. The van der Waals surface area contributed by atoms with E-state index in [-0.39, 0.29) is 0 Å². The number of nitrogens with one attached hydrogen (secondary N) is 2. The number of ether oxygens (including phenoxy) is 1. The fourth-order valence-corrected chi connectivity index (χ4v) is 3.37. The Balaban J connectivity index is 1.67. The lowest BCUT2D eigenvalue weighted by atomic mass is 10.1. The predicted octanol–water partition coefficient (Wildman–Crippen LogP) is 3.58. The molecule has 0 amide bonds. The number of benzene rings is 1. The lowest BCUT2D eigenvalue weighted by molar-refractivity contribution is 0.414. The van der Waals surface area contributed by atoms with E-state index in [0.29, 0.717) is 0 Å². The van der Waals surface area contributed by atoms with Crippen LogP contribution in [0.2, 0.25) is 0 Å². The number of aromatic nitrogens is 1. The van der Waals surface area contributed by atoms with Crippen molar-refractivity contribution in [1.82, 2.24) is 15.6 Å². The van der Waals surface area contributed by atoms with Crippen LogP contribution in [0, 0.1) is 6.92 Å². The Morgan fingerprint density at radius 1 is 1.15 bits per heavy atom. The Bertz CT molecular complexity index is 667. The van der Waals surface area contributed by atoms with Crippen molar-refractivity contribution in [3.05, 3.63) is 45.9 Å². The number of aliphatic imine (C=N–C) groups is 1. The van der Waals surface area contributed by atoms with Gasteiger partial charge in [0.2, 0.25) is 0 Å². The van der Waals surface area contributed by atoms with Gasteiger partial charge in [-0.05, 0) is 57.2 Å². The maximum atomic E-state index is 5.19. The Morgan fingerprint density at radius 2 is 1.96 bits per heavy atom. The summed E-state index contributed by atoms with van der Waals surface area (Å²) in [7, 11) is 1.69. The highest BCUT2D eigenvalue weighted by Crippen LogP contribution is 2.12. The van der Waals surface area contributed by atoms with E-state index in [0.717, 1.165) is 62.7 Å². The molecule has 0 saturated carbocycles. The van der Waals surface area contributed by atoms with Gasteiger partial charge in [-0.1, -0.05) is 12.1 Å². The zero-order valence-corrected chi connectivity index (χ0v) is 16.9. The summed E-state index contributed by atoms with van der Waals surface area (Å²) in [5.41, 5.74) is 2.41. The van der Waals surface area contributed by atoms with Gasteiger partial charge < -0.3 is 15.4 Å². The van der Waals surface area contributed by atoms with Crippen molar-refractivity contribution in [1.29, 1.82) is 0 Å². The third kappa shape index (κ3) is 7.44. The van der Waals surface area contributed by atoms with Gasteiger partial charge in [0.25, 0.3) is 0 Å². The standard InChI is InChI=1S/C20H30N4OS/c1-4-21-20(22-13-6-5-7-19-24-16(2)15-26-19)23-14-12-17-8-10-18(25-3)11-9-17/h8-11,15H,4-7,12-14H2,1-3H3,(H2,21,22,23).